The van der Waals surface area contributed by atoms with Crippen LogP contribution in [0.5, 0.6) is 0 Å². The van der Waals surface area contributed by atoms with Crippen LogP contribution in [0.15, 0.2) is 53.3 Å². The molecule has 0 aliphatic rings. The van der Waals surface area contributed by atoms with Crippen LogP contribution in [0.3, 0.4) is 0 Å². The Balaban J connectivity index is 1.98. The van der Waals surface area contributed by atoms with Crippen molar-refractivity contribution in [3.63, 3.8) is 0 Å². The van der Waals surface area contributed by atoms with Gasteiger partial charge in [-0.2, -0.15) is 0 Å². The molecule has 0 saturated carbocycles. The Hall–Kier alpha value is -3.28. The van der Waals surface area contributed by atoms with Gasteiger partial charge >= 0.3 is 0 Å². The number of nitrogens with one attached hydrogen (secondary N) is 1. The van der Waals surface area contributed by atoms with Crippen LogP contribution in [0, 0.1) is 19.7 Å². The molecule has 28 heavy (non-hydrogen) atoms. The quantitative estimate of drug-likeness (QED) is 0.732. The average Bonchev–Trinajstić information content (AvgIpc) is 2.66. The number of anilines is 1. The first-order valence-electron chi connectivity index (χ1n) is 9.11. The van der Waals surface area contributed by atoms with Crippen LogP contribution in [0.4, 0.5) is 10.1 Å². The van der Waals surface area contributed by atoms with Gasteiger partial charge in [0.05, 0.1) is 0 Å². The second kappa shape index (κ2) is 8.17. The van der Waals surface area contributed by atoms with Gasteiger partial charge in [-0.25, -0.2) is 9.37 Å². The molecule has 144 valence electrons. The molecule has 1 N–H and O–H groups in total. The molecule has 0 fully saturated rings. The Labute approximate surface area is 162 Å². The monoisotopic (exact) mass is 379 g/mol. The molecule has 2 aromatic carbocycles. The van der Waals surface area contributed by atoms with Crippen LogP contribution in [0.25, 0.3) is 11.4 Å². The standard InChI is InChI=1S/C22H22FN3O2/c1-4-18-12-21(28)26(22(24-18)16-8-6-9-17(23)11-16)13-20(27)25-19-10-5-7-14(2)15(19)3/h5-12H,4,13H2,1-3H3,(H,25,27). The van der Waals surface area contributed by atoms with Crippen LogP contribution in [0.1, 0.15) is 23.7 Å². The van der Waals surface area contributed by atoms with E-state index in [1.54, 1.807) is 12.1 Å². The number of hydrogen-bond donors (Lipinski definition) is 1. The van der Waals surface area contributed by atoms with Crippen LogP contribution in [-0.4, -0.2) is 15.5 Å². The number of halogens is 1. The Kier molecular flexibility index (Phi) is 5.68. The molecule has 1 aromatic heterocycles. The van der Waals surface area contributed by atoms with Crippen LogP contribution in [-0.2, 0) is 17.8 Å². The van der Waals surface area contributed by atoms with E-state index in [1.807, 2.05) is 39.0 Å². The SMILES string of the molecule is CCc1cc(=O)n(CC(=O)Nc2cccc(C)c2C)c(-c2cccc(F)c2)n1. The van der Waals surface area contributed by atoms with Crippen molar-refractivity contribution in [1.82, 2.24) is 9.55 Å². The fourth-order valence-electron chi connectivity index (χ4n) is 2.96. The number of amides is 1. The van der Waals surface area contributed by atoms with Crippen molar-refractivity contribution < 1.29 is 9.18 Å². The summed E-state index contributed by atoms with van der Waals surface area (Å²) in [6, 6.07) is 12.9. The molecule has 6 heteroatoms. The van der Waals surface area contributed by atoms with E-state index in [2.05, 4.69) is 10.3 Å². The predicted octanol–water partition coefficient (Wildman–Crippen LogP) is 3.87. The third-order valence-corrected chi connectivity index (χ3v) is 4.69. The number of rotatable bonds is 5. The lowest BCUT2D eigenvalue weighted by molar-refractivity contribution is -0.116. The summed E-state index contributed by atoms with van der Waals surface area (Å²) in [5.74, 6) is -0.500. The van der Waals surface area contributed by atoms with E-state index in [0.29, 0.717) is 23.4 Å². The highest BCUT2D eigenvalue weighted by molar-refractivity contribution is 5.91. The largest absolute Gasteiger partial charge is 0.324 e. The van der Waals surface area contributed by atoms with Crippen molar-refractivity contribution in [2.75, 3.05) is 5.32 Å². The minimum atomic E-state index is -0.431. The lowest BCUT2D eigenvalue weighted by Crippen LogP contribution is -2.30. The number of nitrogens with zero attached hydrogens (tertiary/aromatic N) is 2. The average molecular weight is 379 g/mol. The minimum absolute atomic E-state index is 0.213. The number of benzene rings is 2. The van der Waals surface area contributed by atoms with Crippen LogP contribution >= 0.6 is 0 Å². The number of carbonyl (C=O) groups excluding carboxylic acids is 1. The van der Waals surface area contributed by atoms with E-state index in [-0.39, 0.29) is 23.8 Å². The number of hydrogen-bond acceptors (Lipinski definition) is 3. The highest BCUT2D eigenvalue weighted by Crippen LogP contribution is 2.20. The van der Waals surface area contributed by atoms with Gasteiger partial charge in [0.1, 0.15) is 18.2 Å². The zero-order valence-corrected chi connectivity index (χ0v) is 16.1. The summed E-state index contributed by atoms with van der Waals surface area (Å²) in [6.45, 7) is 5.56. The van der Waals surface area contributed by atoms with Crippen molar-refractivity contribution in [2.24, 2.45) is 0 Å². The van der Waals surface area contributed by atoms with Crippen molar-refractivity contribution in [3.05, 3.63) is 81.5 Å². The molecule has 0 unspecified atom stereocenters. The number of aromatic nitrogens is 2. The van der Waals surface area contributed by atoms with E-state index in [9.17, 15) is 14.0 Å². The van der Waals surface area contributed by atoms with E-state index >= 15 is 0 Å². The van der Waals surface area contributed by atoms with Crippen molar-refractivity contribution in [1.29, 1.82) is 0 Å². The summed E-state index contributed by atoms with van der Waals surface area (Å²) in [6.07, 6.45) is 0.563. The molecule has 0 saturated heterocycles. The molecule has 0 spiro atoms. The Morgan fingerprint density at radius 1 is 1.14 bits per heavy atom. The maximum absolute atomic E-state index is 13.7. The molecule has 3 rings (SSSR count). The maximum Gasteiger partial charge on any atom is 0.254 e. The molecule has 3 aromatic rings. The van der Waals surface area contributed by atoms with E-state index in [4.69, 9.17) is 0 Å². The van der Waals surface area contributed by atoms with Crippen molar-refractivity contribution in [3.8, 4) is 11.4 Å². The second-order valence-corrected chi connectivity index (χ2v) is 6.66. The summed E-state index contributed by atoms with van der Waals surface area (Å²) >= 11 is 0. The van der Waals surface area contributed by atoms with Crippen LogP contribution < -0.4 is 10.9 Å². The third-order valence-electron chi connectivity index (χ3n) is 4.69. The van der Waals surface area contributed by atoms with E-state index in [0.717, 1.165) is 11.1 Å². The Morgan fingerprint density at radius 3 is 2.61 bits per heavy atom. The highest BCUT2D eigenvalue weighted by Gasteiger charge is 2.15. The van der Waals surface area contributed by atoms with Crippen LogP contribution in [0.2, 0.25) is 0 Å². The van der Waals surface area contributed by atoms with Gasteiger partial charge in [0.2, 0.25) is 5.91 Å². The lowest BCUT2D eigenvalue weighted by Gasteiger charge is -2.15. The fraction of sp³-hybridized carbons (Fsp3) is 0.227. The van der Waals surface area contributed by atoms with Gasteiger partial charge in [0.25, 0.3) is 5.56 Å². The molecule has 0 radical (unpaired) electrons. The molecule has 5 nitrogen and oxygen atoms in total. The summed E-state index contributed by atoms with van der Waals surface area (Å²) < 4.78 is 15.0. The first kappa shape index (κ1) is 19.5. The van der Waals surface area contributed by atoms with Crippen molar-refractivity contribution in [2.45, 2.75) is 33.7 Å². The second-order valence-electron chi connectivity index (χ2n) is 6.66. The molecule has 0 aliphatic carbocycles. The summed E-state index contributed by atoms with van der Waals surface area (Å²) in [5, 5.41) is 2.84. The first-order valence-corrected chi connectivity index (χ1v) is 9.11. The first-order chi connectivity index (χ1) is 13.4. The summed E-state index contributed by atoms with van der Waals surface area (Å²) in [7, 11) is 0. The smallest absolute Gasteiger partial charge is 0.254 e. The molecule has 0 aliphatic heterocycles. The third kappa shape index (κ3) is 4.17. The predicted molar refractivity (Wildman–Crippen MR) is 108 cm³/mol. The Bertz CT molecular complexity index is 1090. The summed E-state index contributed by atoms with van der Waals surface area (Å²) in [4.78, 5) is 29.7. The van der Waals surface area contributed by atoms with Gasteiger partial charge in [-0.15, -0.1) is 0 Å². The molecule has 1 amide bonds. The molecule has 0 atom stereocenters. The fourth-order valence-corrected chi connectivity index (χ4v) is 2.96. The van der Waals surface area contributed by atoms with Gasteiger partial charge in [-0.05, 0) is 49.6 Å². The van der Waals surface area contributed by atoms with E-state index in [1.165, 1.54) is 22.8 Å². The molecular weight excluding hydrogens is 357 g/mol. The van der Waals surface area contributed by atoms with Gasteiger partial charge in [0.15, 0.2) is 0 Å². The van der Waals surface area contributed by atoms with Gasteiger partial charge < -0.3 is 5.32 Å². The number of aryl methyl sites for hydroxylation is 2. The summed E-state index contributed by atoms with van der Waals surface area (Å²) in [5.41, 5.74) is 3.42. The van der Waals surface area contributed by atoms with Crippen molar-refractivity contribution >= 4 is 11.6 Å². The van der Waals surface area contributed by atoms with E-state index < -0.39 is 5.82 Å². The van der Waals surface area contributed by atoms with Gasteiger partial charge in [0, 0.05) is 23.0 Å². The zero-order valence-electron chi connectivity index (χ0n) is 16.1. The molecule has 0 bridgehead atoms. The lowest BCUT2D eigenvalue weighted by atomic mass is 10.1. The highest BCUT2D eigenvalue weighted by atomic mass is 19.1. The normalized spacial score (nSPS) is 10.7. The molecular formula is C22H22FN3O2. The Morgan fingerprint density at radius 2 is 1.89 bits per heavy atom. The van der Waals surface area contributed by atoms with Gasteiger partial charge in [-0.1, -0.05) is 31.2 Å². The molecule has 1 heterocycles. The maximum atomic E-state index is 13.7. The minimum Gasteiger partial charge on any atom is -0.324 e. The zero-order chi connectivity index (χ0) is 20.3. The topological polar surface area (TPSA) is 64.0 Å². The number of carbonyl (C=O) groups is 1. The van der Waals surface area contributed by atoms with Gasteiger partial charge in [-0.3, -0.25) is 14.2 Å².